The highest BCUT2D eigenvalue weighted by molar-refractivity contribution is 7.89. The van der Waals surface area contributed by atoms with Crippen LogP contribution in [0.3, 0.4) is 0 Å². The van der Waals surface area contributed by atoms with Crippen LogP contribution in [0.2, 0.25) is 0 Å². The molecule has 136 valence electrons. The van der Waals surface area contributed by atoms with Crippen LogP contribution >= 0.6 is 0 Å². The Morgan fingerprint density at radius 3 is 2.62 bits per heavy atom. The summed E-state index contributed by atoms with van der Waals surface area (Å²) >= 11 is 0. The number of imidazole rings is 1. The molecule has 26 heavy (non-hydrogen) atoms. The van der Waals surface area contributed by atoms with Crippen LogP contribution in [0.1, 0.15) is 5.56 Å². The van der Waals surface area contributed by atoms with Gasteiger partial charge in [0.15, 0.2) is 0 Å². The van der Waals surface area contributed by atoms with E-state index in [4.69, 9.17) is 4.74 Å². The maximum absolute atomic E-state index is 12.6. The van der Waals surface area contributed by atoms with Gasteiger partial charge in [-0.05, 0) is 29.8 Å². The molecule has 1 aliphatic heterocycles. The van der Waals surface area contributed by atoms with Crippen molar-refractivity contribution in [2.24, 2.45) is 14.1 Å². The largest absolute Gasteiger partial charge is 0.488 e. The molecule has 1 aliphatic rings. The zero-order valence-corrected chi connectivity index (χ0v) is 15.3. The molecule has 1 N–H and O–H groups in total. The first-order valence-corrected chi connectivity index (χ1v) is 9.75. The van der Waals surface area contributed by atoms with Gasteiger partial charge in [-0.3, -0.25) is 9.13 Å². The minimum absolute atomic E-state index is 0.127. The van der Waals surface area contributed by atoms with Gasteiger partial charge >= 0.3 is 5.69 Å². The minimum atomic E-state index is -3.70. The van der Waals surface area contributed by atoms with Gasteiger partial charge in [-0.1, -0.05) is 18.2 Å². The van der Waals surface area contributed by atoms with Crippen LogP contribution < -0.4 is 15.1 Å². The molecule has 1 unspecified atom stereocenters. The quantitative estimate of drug-likeness (QED) is 0.744. The summed E-state index contributed by atoms with van der Waals surface area (Å²) in [5.74, 6) is 0.803. The Bertz CT molecular complexity index is 1140. The smallest absolute Gasteiger partial charge is 0.328 e. The van der Waals surface area contributed by atoms with E-state index >= 15 is 0 Å². The Morgan fingerprint density at radius 2 is 1.85 bits per heavy atom. The van der Waals surface area contributed by atoms with Crippen LogP contribution in [-0.2, 0) is 30.5 Å². The van der Waals surface area contributed by atoms with Crippen molar-refractivity contribution in [2.45, 2.75) is 17.4 Å². The van der Waals surface area contributed by atoms with E-state index in [0.717, 1.165) is 11.3 Å². The van der Waals surface area contributed by atoms with Gasteiger partial charge in [0.25, 0.3) is 0 Å². The van der Waals surface area contributed by atoms with Gasteiger partial charge < -0.3 is 4.74 Å². The molecule has 2 heterocycles. The van der Waals surface area contributed by atoms with Crippen LogP contribution in [0.5, 0.6) is 5.75 Å². The number of ether oxygens (including phenoxy) is 1. The summed E-state index contributed by atoms with van der Waals surface area (Å²) < 4.78 is 36.6. The SMILES string of the molecule is Cn1c(=O)n(C)c2cc(S(=O)(=O)NCC3Cc4ccccc4O3)ccc21. The van der Waals surface area contributed by atoms with Crippen LogP contribution in [0.15, 0.2) is 52.2 Å². The minimum Gasteiger partial charge on any atom is -0.488 e. The molecule has 7 nitrogen and oxygen atoms in total. The number of nitrogens with zero attached hydrogens (tertiary/aromatic N) is 2. The monoisotopic (exact) mass is 373 g/mol. The van der Waals surface area contributed by atoms with Crippen molar-refractivity contribution in [1.82, 2.24) is 13.9 Å². The van der Waals surface area contributed by atoms with E-state index in [0.29, 0.717) is 17.5 Å². The standard InChI is InChI=1S/C18H19N3O4S/c1-20-15-8-7-14(10-16(15)21(2)18(20)22)26(23,24)19-11-13-9-12-5-3-4-6-17(12)25-13/h3-8,10,13,19H,9,11H2,1-2H3. The van der Waals surface area contributed by atoms with Crippen LogP contribution in [0, 0.1) is 0 Å². The summed E-state index contributed by atoms with van der Waals surface area (Å²) in [6.45, 7) is 0.183. The fourth-order valence-electron chi connectivity index (χ4n) is 3.31. The van der Waals surface area contributed by atoms with E-state index < -0.39 is 10.0 Å². The zero-order valence-electron chi connectivity index (χ0n) is 14.5. The number of fused-ring (bicyclic) bond motifs is 2. The van der Waals surface area contributed by atoms with E-state index in [-0.39, 0.29) is 23.2 Å². The summed E-state index contributed by atoms with van der Waals surface area (Å²) in [5, 5.41) is 0. The molecule has 0 bridgehead atoms. The van der Waals surface area contributed by atoms with Crippen LogP contribution in [-0.4, -0.2) is 30.2 Å². The van der Waals surface area contributed by atoms with Gasteiger partial charge in [0.2, 0.25) is 10.0 Å². The molecule has 0 radical (unpaired) electrons. The third-order valence-electron chi connectivity index (χ3n) is 4.77. The number of benzene rings is 2. The van der Waals surface area contributed by atoms with Gasteiger partial charge in [0, 0.05) is 27.1 Å². The maximum Gasteiger partial charge on any atom is 0.328 e. The predicted molar refractivity (Wildman–Crippen MR) is 97.9 cm³/mol. The first-order chi connectivity index (χ1) is 12.4. The average molecular weight is 373 g/mol. The Balaban J connectivity index is 1.55. The molecule has 0 amide bonds. The molecular weight excluding hydrogens is 354 g/mol. The first-order valence-electron chi connectivity index (χ1n) is 8.26. The van der Waals surface area contributed by atoms with E-state index in [1.807, 2.05) is 24.3 Å². The average Bonchev–Trinajstić information content (AvgIpc) is 3.15. The molecule has 0 aliphatic carbocycles. The Morgan fingerprint density at radius 1 is 1.12 bits per heavy atom. The lowest BCUT2D eigenvalue weighted by atomic mass is 10.1. The van der Waals surface area contributed by atoms with Crippen molar-refractivity contribution in [3.8, 4) is 5.75 Å². The summed E-state index contributed by atoms with van der Waals surface area (Å²) in [6.07, 6.45) is 0.442. The Hall–Kier alpha value is -2.58. The number of para-hydroxylation sites is 1. The number of aryl methyl sites for hydroxylation is 2. The molecule has 4 rings (SSSR count). The fraction of sp³-hybridized carbons (Fsp3) is 0.278. The van der Waals surface area contributed by atoms with Crippen molar-refractivity contribution in [1.29, 1.82) is 0 Å². The molecule has 0 spiro atoms. The van der Waals surface area contributed by atoms with E-state index in [1.165, 1.54) is 21.3 Å². The fourth-order valence-corrected chi connectivity index (χ4v) is 4.39. The second-order valence-electron chi connectivity index (χ2n) is 6.45. The van der Waals surface area contributed by atoms with E-state index in [9.17, 15) is 13.2 Å². The van der Waals surface area contributed by atoms with Gasteiger partial charge in [0.05, 0.1) is 15.9 Å². The molecule has 0 fully saturated rings. The van der Waals surface area contributed by atoms with Gasteiger partial charge in [0.1, 0.15) is 11.9 Å². The van der Waals surface area contributed by atoms with Crippen molar-refractivity contribution in [2.75, 3.05) is 6.54 Å². The first kappa shape index (κ1) is 16.9. The molecule has 0 saturated carbocycles. The summed E-state index contributed by atoms with van der Waals surface area (Å²) in [7, 11) is -0.420. The summed E-state index contributed by atoms with van der Waals surface area (Å²) in [5.41, 5.74) is 2.15. The van der Waals surface area contributed by atoms with Gasteiger partial charge in [-0.15, -0.1) is 0 Å². The van der Waals surface area contributed by atoms with Crippen molar-refractivity contribution < 1.29 is 13.2 Å². The normalized spacial score (nSPS) is 16.6. The highest BCUT2D eigenvalue weighted by Crippen LogP contribution is 2.28. The third kappa shape index (κ3) is 2.71. The Labute approximate surface area is 150 Å². The van der Waals surface area contributed by atoms with Crippen LogP contribution in [0.4, 0.5) is 0 Å². The van der Waals surface area contributed by atoms with Crippen molar-refractivity contribution >= 4 is 21.1 Å². The lowest BCUT2D eigenvalue weighted by Crippen LogP contribution is -2.34. The number of sulfonamides is 1. The second-order valence-corrected chi connectivity index (χ2v) is 8.22. The highest BCUT2D eigenvalue weighted by Gasteiger charge is 2.25. The van der Waals surface area contributed by atoms with E-state index in [1.54, 1.807) is 20.2 Å². The molecule has 1 aromatic heterocycles. The summed E-state index contributed by atoms with van der Waals surface area (Å²) in [4.78, 5) is 12.1. The topological polar surface area (TPSA) is 82.3 Å². The number of aromatic nitrogens is 2. The van der Waals surface area contributed by atoms with Gasteiger partial charge in [-0.2, -0.15) is 0 Å². The maximum atomic E-state index is 12.6. The van der Waals surface area contributed by atoms with Crippen molar-refractivity contribution in [3.05, 3.63) is 58.5 Å². The second kappa shape index (κ2) is 6.00. The number of hydrogen-bond acceptors (Lipinski definition) is 4. The molecular formula is C18H19N3O4S. The highest BCUT2D eigenvalue weighted by atomic mass is 32.2. The Kier molecular flexibility index (Phi) is 3.89. The van der Waals surface area contributed by atoms with Crippen LogP contribution in [0.25, 0.3) is 11.0 Å². The molecule has 0 saturated heterocycles. The number of rotatable bonds is 4. The molecule has 8 heteroatoms. The number of hydrogen-bond donors (Lipinski definition) is 1. The molecule has 3 aromatic rings. The lowest BCUT2D eigenvalue weighted by molar-refractivity contribution is 0.236. The molecule has 1 atom stereocenters. The third-order valence-corrected chi connectivity index (χ3v) is 6.19. The molecule has 2 aromatic carbocycles. The van der Waals surface area contributed by atoms with Crippen molar-refractivity contribution in [3.63, 3.8) is 0 Å². The zero-order chi connectivity index (χ0) is 18.5. The number of nitrogens with one attached hydrogen (secondary N) is 1. The van der Waals surface area contributed by atoms with E-state index in [2.05, 4.69) is 4.72 Å². The summed E-state index contributed by atoms with van der Waals surface area (Å²) in [6, 6.07) is 12.4. The van der Waals surface area contributed by atoms with Gasteiger partial charge in [-0.25, -0.2) is 17.9 Å². The predicted octanol–water partition coefficient (Wildman–Crippen LogP) is 1.16. The lowest BCUT2D eigenvalue weighted by Gasteiger charge is -2.12.